The molecular weight excluding hydrogens is 226 g/mol. The Balaban J connectivity index is 2.58. The first kappa shape index (κ1) is 14.6. The van der Waals surface area contributed by atoms with Gasteiger partial charge in [-0.25, -0.2) is 0 Å². The summed E-state index contributed by atoms with van der Waals surface area (Å²) in [5, 5.41) is 2.87. The van der Waals surface area contributed by atoms with Crippen LogP contribution in [0.2, 0.25) is 0 Å². The SMILES string of the molecule is Cc1ccc(O[C@H](C)C(=O)NCC(C)C)c(C)c1. The first-order valence-corrected chi connectivity index (χ1v) is 6.41. The molecule has 0 aromatic heterocycles. The van der Waals surface area contributed by atoms with Crippen LogP contribution in [0, 0.1) is 19.8 Å². The molecule has 0 saturated heterocycles. The Morgan fingerprint density at radius 1 is 1.28 bits per heavy atom. The highest BCUT2D eigenvalue weighted by Gasteiger charge is 2.15. The molecule has 100 valence electrons. The lowest BCUT2D eigenvalue weighted by Crippen LogP contribution is -2.38. The Morgan fingerprint density at radius 2 is 1.94 bits per heavy atom. The van der Waals surface area contributed by atoms with Crippen LogP contribution in [-0.4, -0.2) is 18.6 Å². The predicted octanol–water partition coefficient (Wildman–Crippen LogP) is 2.84. The van der Waals surface area contributed by atoms with E-state index < -0.39 is 6.10 Å². The molecule has 1 atom stereocenters. The molecule has 18 heavy (non-hydrogen) atoms. The Hall–Kier alpha value is -1.51. The highest BCUT2D eigenvalue weighted by molar-refractivity contribution is 5.80. The zero-order chi connectivity index (χ0) is 13.7. The van der Waals surface area contributed by atoms with E-state index in [2.05, 4.69) is 19.2 Å². The van der Waals surface area contributed by atoms with E-state index in [-0.39, 0.29) is 5.91 Å². The summed E-state index contributed by atoms with van der Waals surface area (Å²) in [5.74, 6) is 1.15. The number of aryl methyl sites for hydroxylation is 2. The normalized spacial score (nSPS) is 12.3. The first-order chi connectivity index (χ1) is 8.40. The van der Waals surface area contributed by atoms with Gasteiger partial charge in [0.25, 0.3) is 5.91 Å². The van der Waals surface area contributed by atoms with Crippen molar-refractivity contribution in [1.29, 1.82) is 0 Å². The highest BCUT2D eigenvalue weighted by Crippen LogP contribution is 2.19. The molecule has 0 spiro atoms. The summed E-state index contributed by atoms with van der Waals surface area (Å²) in [5.41, 5.74) is 2.25. The summed E-state index contributed by atoms with van der Waals surface area (Å²) in [6, 6.07) is 5.95. The van der Waals surface area contributed by atoms with Crippen LogP contribution in [0.25, 0.3) is 0 Å². The van der Waals surface area contributed by atoms with Crippen molar-refractivity contribution in [1.82, 2.24) is 5.32 Å². The maximum Gasteiger partial charge on any atom is 0.260 e. The molecule has 0 saturated carbocycles. The molecule has 0 radical (unpaired) electrons. The summed E-state index contributed by atoms with van der Waals surface area (Å²) in [7, 11) is 0. The lowest BCUT2D eigenvalue weighted by atomic mass is 10.1. The average Bonchev–Trinajstić information content (AvgIpc) is 2.29. The van der Waals surface area contributed by atoms with Gasteiger partial charge in [-0.2, -0.15) is 0 Å². The number of rotatable bonds is 5. The molecule has 1 rings (SSSR count). The first-order valence-electron chi connectivity index (χ1n) is 6.41. The van der Waals surface area contributed by atoms with Crippen molar-refractivity contribution >= 4 is 5.91 Å². The number of carbonyl (C=O) groups is 1. The number of hydrogen-bond acceptors (Lipinski definition) is 2. The maximum atomic E-state index is 11.8. The summed E-state index contributed by atoms with van der Waals surface area (Å²) >= 11 is 0. The smallest absolute Gasteiger partial charge is 0.260 e. The zero-order valence-electron chi connectivity index (χ0n) is 11.9. The fourth-order valence-corrected chi connectivity index (χ4v) is 1.62. The second kappa shape index (κ2) is 6.43. The number of ether oxygens (including phenoxy) is 1. The molecule has 0 aliphatic rings. The monoisotopic (exact) mass is 249 g/mol. The van der Waals surface area contributed by atoms with Gasteiger partial charge in [0.2, 0.25) is 0 Å². The molecular formula is C15H23NO2. The quantitative estimate of drug-likeness (QED) is 0.871. The molecule has 1 N–H and O–H groups in total. The molecule has 0 unspecified atom stereocenters. The second-order valence-corrected chi connectivity index (χ2v) is 5.17. The minimum absolute atomic E-state index is 0.0660. The number of benzene rings is 1. The second-order valence-electron chi connectivity index (χ2n) is 5.17. The van der Waals surface area contributed by atoms with Crippen LogP contribution in [0.3, 0.4) is 0 Å². The largest absolute Gasteiger partial charge is 0.481 e. The van der Waals surface area contributed by atoms with Gasteiger partial charge in [0.1, 0.15) is 5.75 Å². The van der Waals surface area contributed by atoms with E-state index in [0.717, 1.165) is 11.3 Å². The van der Waals surface area contributed by atoms with E-state index in [1.54, 1.807) is 6.92 Å². The summed E-state index contributed by atoms with van der Waals surface area (Å²) in [4.78, 5) is 11.8. The average molecular weight is 249 g/mol. The van der Waals surface area contributed by atoms with Crippen LogP contribution in [0.5, 0.6) is 5.75 Å². The Labute approximate surface area is 110 Å². The van der Waals surface area contributed by atoms with Gasteiger partial charge in [0, 0.05) is 6.54 Å². The van der Waals surface area contributed by atoms with E-state index in [9.17, 15) is 4.79 Å². The number of carbonyl (C=O) groups excluding carboxylic acids is 1. The topological polar surface area (TPSA) is 38.3 Å². The van der Waals surface area contributed by atoms with E-state index in [4.69, 9.17) is 4.74 Å². The van der Waals surface area contributed by atoms with Crippen LogP contribution in [0.4, 0.5) is 0 Å². The number of nitrogens with one attached hydrogen (secondary N) is 1. The number of amides is 1. The third kappa shape index (κ3) is 4.40. The minimum atomic E-state index is -0.467. The summed E-state index contributed by atoms with van der Waals surface area (Å²) < 4.78 is 5.68. The van der Waals surface area contributed by atoms with Gasteiger partial charge >= 0.3 is 0 Å². The van der Waals surface area contributed by atoms with Gasteiger partial charge in [-0.1, -0.05) is 31.5 Å². The molecule has 1 aromatic rings. The van der Waals surface area contributed by atoms with Gasteiger partial charge in [-0.05, 0) is 38.3 Å². The summed E-state index contributed by atoms with van der Waals surface area (Å²) in [6.07, 6.45) is -0.467. The van der Waals surface area contributed by atoms with Gasteiger partial charge < -0.3 is 10.1 Å². The molecule has 0 aliphatic heterocycles. The van der Waals surface area contributed by atoms with Gasteiger partial charge in [0.15, 0.2) is 6.10 Å². The zero-order valence-corrected chi connectivity index (χ0v) is 11.9. The van der Waals surface area contributed by atoms with Crippen LogP contribution in [0.1, 0.15) is 31.9 Å². The Morgan fingerprint density at radius 3 is 2.50 bits per heavy atom. The fourth-order valence-electron chi connectivity index (χ4n) is 1.62. The minimum Gasteiger partial charge on any atom is -0.481 e. The van der Waals surface area contributed by atoms with Crippen LogP contribution < -0.4 is 10.1 Å². The Kier molecular flexibility index (Phi) is 5.20. The maximum absolute atomic E-state index is 11.8. The highest BCUT2D eigenvalue weighted by atomic mass is 16.5. The van der Waals surface area contributed by atoms with Crippen molar-refractivity contribution in [2.24, 2.45) is 5.92 Å². The van der Waals surface area contributed by atoms with E-state index in [1.165, 1.54) is 5.56 Å². The standard InChI is InChI=1S/C15H23NO2/c1-10(2)9-16-15(17)13(5)18-14-7-6-11(3)8-12(14)4/h6-8,10,13H,9H2,1-5H3,(H,16,17)/t13-/m1/s1. The third-order valence-corrected chi connectivity index (χ3v) is 2.69. The molecule has 0 heterocycles. The van der Waals surface area contributed by atoms with Crippen LogP contribution >= 0.6 is 0 Å². The van der Waals surface area contributed by atoms with Gasteiger partial charge in [-0.15, -0.1) is 0 Å². The molecule has 1 aromatic carbocycles. The Bertz CT molecular complexity index is 413. The number of hydrogen-bond donors (Lipinski definition) is 1. The van der Waals surface area contributed by atoms with E-state index >= 15 is 0 Å². The predicted molar refractivity (Wildman–Crippen MR) is 73.9 cm³/mol. The summed E-state index contributed by atoms with van der Waals surface area (Å²) in [6.45, 7) is 10.6. The van der Waals surface area contributed by atoms with Crippen molar-refractivity contribution < 1.29 is 9.53 Å². The molecule has 0 aliphatic carbocycles. The third-order valence-electron chi connectivity index (χ3n) is 2.69. The van der Waals surface area contributed by atoms with Crippen molar-refractivity contribution in [3.63, 3.8) is 0 Å². The molecule has 3 nitrogen and oxygen atoms in total. The van der Waals surface area contributed by atoms with E-state index in [0.29, 0.717) is 12.5 Å². The lowest BCUT2D eigenvalue weighted by molar-refractivity contribution is -0.127. The molecule has 1 amide bonds. The van der Waals surface area contributed by atoms with E-state index in [1.807, 2.05) is 32.0 Å². The van der Waals surface area contributed by atoms with Crippen molar-refractivity contribution in [3.8, 4) is 5.75 Å². The van der Waals surface area contributed by atoms with Crippen LogP contribution in [-0.2, 0) is 4.79 Å². The van der Waals surface area contributed by atoms with Crippen molar-refractivity contribution in [2.75, 3.05) is 6.54 Å². The molecule has 0 bridgehead atoms. The van der Waals surface area contributed by atoms with Gasteiger partial charge in [0.05, 0.1) is 0 Å². The molecule has 0 fully saturated rings. The fraction of sp³-hybridized carbons (Fsp3) is 0.533. The lowest BCUT2D eigenvalue weighted by Gasteiger charge is -2.17. The van der Waals surface area contributed by atoms with Gasteiger partial charge in [-0.3, -0.25) is 4.79 Å². The van der Waals surface area contributed by atoms with Crippen molar-refractivity contribution in [2.45, 2.75) is 40.7 Å². The molecule has 3 heteroatoms. The van der Waals surface area contributed by atoms with Crippen LogP contribution in [0.15, 0.2) is 18.2 Å². The van der Waals surface area contributed by atoms with Crippen molar-refractivity contribution in [3.05, 3.63) is 29.3 Å².